The van der Waals surface area contributed by atoms with Crippen molar-refractivity contribution < 1.29 is 5.11 Å². The van der Waals surface area contributed by atoms with Crippen LogP contribution < -0.4 is 16.8 Å². The van der Waals surface area contributed by atoms with E-state index in [1.807, 2.05) is 31.3 Å². The standard InChI is InChI=1S/C20H26N6O/c1-3-9-24-20(23-2)26-10-8-17-15(12-26)14(19(22)25-17)11-16(21)13-6-4-5-7-18(13)27/h3-7,9,11,25,27H,8,10,12,21-22H2,1-2H3,(H,23,24)/b9-3-,16-11-. The first kappa shape index (κ1) is 18.4. The lowest BCUT2D eigenvalue weighted by Crippen LogP contribution is -2.42. The van der Waals surface area contributed by atoms with Crippen molar-refractivity contribution in [3.8, 4) is 5.75 Å². The minimum Gasteiger partial charge on any atom is -0.507 e. The smallest absolute Gasteiger partial charge is 0.198 e. The molecule has 7 nitrogen and oxygen atoms in total. The number of aliphatic imine (C=N–C) groups is 1. The molecule has 0 saturated heterocycles. The summed E-state index contributed by atoms with van der Waals surface area (Å²) in [5, 5.41) is 13.2. The van der Waals surface area contributed by atoms with Gasteiger partial charge in [-0.15, -0.1) is 0 Å². The van der Waals surface area contributed by atoms with E-state index in [1.165, 1.54) is 0 Å². The van der Waals surface area contributed by atoms with Crippen LogP contribution in [0.4, 0.5) is 5.82 Å². The molecular weight excluding hydrogens is 340 g/mol. The van der Waals surface area contributed by atoms with Crippen molar-refractivity contribution in [1.82, 2.24) is 15.2 Å². The molecule has 0 aliphatic carbocycles. The highest BCUT2D eigenvalue weighted by molar-refractivity contribution is 5.87. The van der Waals surface area contributed by atoms with Crippen molar-refractivity contribution in [2.45, 2.75) is 19.9 Å². The van der Waals surface area contributed by atoms with Crippen LogP contribution in [0.15, 0.2) is 41.5 Å². The number of nitrogens with zero attached hydrogens (tertiary/aromatic N) is 2. The highest BCUT2D eigenvalue weighted by Gasteiger charge is 2.24. The van der Waals surface area contributed by atoms with Crippen molar-refractivity contribution in [3.63, 3.8) is 0 Å². The van der Waals surface area contributed by atoms with Gasteiger partial charge in [-0.05, 0) is 31.3 Å². The molecule has 2 aromatic rings. The molecule has 2 heterocycles. The molecular formula is C20H26N6O. The molecule has 1 aromatic heterocycles. The van der Waals surface area contributed by atoms with Crippen LogP contribution in [0.5, 0.6) is 5.75 Å². The third kappa shape index (κ3) is 3.76. The van der Waals surface area contributed by atoms with Gasteiger partial charge in [0.05, 0.1) is 0 Å². The fraction of sp³-hybridized carbons (Fsp3) is 0.250. The Morgan fingerprint density at radius 2 is 2.15 bits per heavy atom. The predicted molar refractivity (Wildman–Crippen MR) is 111 cm³/mol. The monoisotopic (exact) mass is 366 g/mol. The summed E-state index contributed by atoms with van der Waals surface area (Å²) >= 11 is 0. The maximum absolute atomic E-state index is 10.0. The Morgan fingerprint density at radius 1 is 1.37 bits per heavy atom. The molecule has 0 fully saturated rings. The molecule has 0 atom stereocenters. The molecule has 3 rings (SSSR count). The van der Waals surface area contributed by atoms with E-state index < -0.39 is 0 Å². The van der Waals surface area contributed by atoms with Crippen molar-refractivity contribution in [1.29, 1.82) is 0 Å². The van der Waals surface area contributed by atoms with E-state index in [-0.39, 0.29) is 5.75 Å². The van der Waals surface area contributed by atoms with E-state index in [0.717, 1.165) is 35.7 Å². The number of phenols is 1. The van der Waals surface area contributed by atoms with E-state index >= 15 is 0 Å². The number of aromatic hydroxyl groups is 1. The molecule has 142 valence electrons. The molecule has 0 radical (unpaired) electrons. The molecule has 0 spiro atoms. The van der Waals surface area contributed by atoms with E-state index in [9.17, 15) is 5.11 Å². The van der Waals surface area contributed by atoms with Gasteiger partial charge in [0.25, 0.3) is 0 Å². The zero-order valence-corrected chi connectivity index (χ0v) is 15.7. The second kappa shape index (κ2) is 7.90. The van der Waals surface area contributed by atoms with Crippen LogP contribution in [0.2, 0.25) is 0 Å². The summed E-state index contributed by atoms with van der Waals surface area (Å²) in [6, 6.07) is 7.00. The third-order valence-corrected chi connectivity index (χ3v) is 4.65. The van der Waals surface area contributed by atoms with Crippen LogP contribution in [0.25, 0.3) is 11.8 Å². The number of nitrogens with two attached hydrogens (primary N) is 2. The van der Waals surface area contributed by atoms with Crippen LogP contribution in [-0.4, -0.2) is 34.5 Å². The number of nitrogens with one attached hydrogen (secondary N) is 2. The molecule has 0 saturated carbocycles. The number of rotatable bonds is 3. The van der Waals surface area contributed by atoms with Crippen LogP contribution in [0.3, 0.4) is 0 Å². The summed E-state index contributed by atoms with van der Waals surface area (Å²) in [4.78, 5) is 9.79. The molecule has 0 unspecified atom stereocenters. The second-order valence-corrected chi connectivity index (χ2v) is 6.39. The number of anilines is 1. The highest BCUT2D eigenvalue weighted by Crippen LogP contribution is 2.31. The Hall–Kier alpha value is -3.35. The number of phenolic OH excluding ortho intramolecular Hbond substituents is 1. The Balaban J connectivity index is 1.93. The van der Waals surface area contributed by atoms with E-state index in [2.05, 4.69) is 20.2 Å². The summed E-state index contributed by atoms with van der Waals surface area (Å²) in [7, 11) is 1.77. The lowest BCUT2D eigenvalue weighted by atomic mass is 10.0. The lowest BCUT2D eigenvalue weighted by molar-refractivity contribution is 0.381. The molecule has 1 aromatic carbocycles. The molecule has 7 N–H and O–H groups in total. The maximum Gasteiger partial charge on any atom is 0.198 e. The van der Waals surface area contributed by atoms with E-state index in [1.54, 1.807) is 25.2 Å². The van der Waals surface area contributed by atoms with Gasteiger partial charge < -0.3 is 31.8 Å². The number of allylic oxidation sites excluding steroid dienone is 1. The molecule has 7 heteroatoms. The summed E-state index contributed by atoms with van der Waals surface area (Å²) in [5.41, 5.74) is 16.6. The zero-order chi connectivity index (χ0) is 19.4. The molecule has 0 bridgehead atoms. The number of para-hydroxylation sites is 1. The van der Waals surface area contributed by atoms with Crippen LogP contribution >= 0.6 is 0 Å². The topological polar surface area (TPSA) is 116 Å². The minimum absolute atomic E-state index is 0.145. The molecule has 1 aliphatic heterocycles. The Morgan fingerprint density at radius 3 is 2.85 bits per heavy atom. The van der Waals surface area contributed by atoms with Gasteiger partial charge in [0.15, 0.2) is 5.96 Å². The van der Waals surface area contributed by atoms with Crippen molar-refractivity contribution >= 4 is 23.6 Å². The average Bonchev–Trinajstić information content (AvgIpc) is 2.97. The second-order valence-electron chi connectivity index (χ2n) is 6.39. The van der Waals surface area contributed by atoms with Crippen molar-refractivity contribution in [3.05, 3.63) is 58.9 Å². The van der Waals surface area contributed by atoms with Gasteiger partial charge >= 0.3 is 0 Å². The third-order valence-electron chi connectivity index (χ3n) is 4.65. The molecule has 1 aliphatic rings. The first-order valence-corrected chi connectivity index (χ1v) is 8.89. The van der Waals surface area contributed by atoms with Gasteiger partial charge in [-0.1, -0.05) is 18.2 Å². The Bertz CT molecular complexity index is 909. The fourth-order valence-electron chi connectivity index (χ4n) is 3.29. The Kier molecular flexibility index (Phi) is 5.40. The molecule has 0 amide bonds. The summed E-state index contributed by atoms with van der Waals surface area (Å²) in [5.74, 6) is 1.53. The number of benzene rings is 1. The number of guanidine groups is 1. The first-order valence-electron chi connectivity index (χ1n) is 8.89. The number of nitrogen functional groups attached to an aromatic ring is 1. The van der Waals surface area contributed by atoms with Gasteiger partial charge in [0, 0.05) is 54.6 Å². The summed E-state index contributed by atoms with van der Waals surface area (Å²) in [6.07, 6.45) is 6.45. The van der Waals surface area contributed by atoms with Gasteiger partial charge in [0.1, 0.15) is 11.6 Å². The number of aromatic amines is 1. The highest BCUT2D eigenvalue weighted by atomic mass is 16.3. The quantitative estimate of drug-likeness (QED) is 0.422. The number of H-pyrrole nitrogens is 1. The lowest BCUT2D eigenvalue weighted by Gasteiger charge is -2.30. The maximum atomic E-state index is 10.0. The first-order chi connectivity index (χ1) is 13.0. The number of fused-ring (bicyclic) bond motifs is 1. The van der Waals surface area contributed by atoms with Crippen molar-refractivity contribution in [2.24, 2.45) is 10.7 Å². The SMILES string of the molecule is C/C=C\NC(=NC)N1CCc2[nH]c(N)c(/C=C(\N)c3ccccc3O)c2C1. The zero-order valence-electron chi connectivity index (χ0n) is 15.7. The molecule has 27 heavy (non-hydrogen) atoms. The van der Waals surface area contributed by atoms with Crippen molar-refractivity contribution in [2.75, 3.05) is 19.3 Å². The van der Waals surface area contributed by atoms with Gasteiger partial charge in [-0.25, -0.2) is 0 Å². The van der Waals surface area contributed by atoms with Gasteiger partial charge in [0.2, 0.25) is 0 Å². The van der Waals surface area contributed by atoms with E-state index in [0.29, 0.717) is 23.6 Å². The average molecular weight is 366 g/mol. The van der Waals surface area contributed by atoms with Crippen LogP contribution in [-0.2, 0) is 13.0 Å². The Labute approximate surface area is 159 Å². The number of hydrogen-bond donors (Lipinski definition) is 5. The minimum atomic E-state index is 0.145. The van der Waals surface area contributed by atoms with Crippen LogP contribution in [0.1, 0.15) is 29.3 Å². The normalized spacial score (nSPS) is 15.3. The largest absolute Gasteiger partial charge is 0.507 e. The fourth-order valence-corrected chi connectivity index (χ4v) is 3.29. The van der Waals surface area contributed by atoms with Gasteiger partial charge in [-0.2, -0.15) is 0 Å². The summed E-state index contributed by atoms with van der Waals surface area (Å²) < 4.78 is 0. The number of aromatic nitrogens is 1. The van der Waals surface area contributed by atoms with E-state index in [4.69, 9.17) is 11.5 Å². The number of hydrogen-bond acceptors (Lipinski definition) is 4. The van der Waals surface area contributed by atoms with Crippen LogP contribution in [0, 0.1) is 0 Å². The predicted octanol–water partition coefficient (Wildman–Crippen LogP) is 2.23. The summed E-state index contributed by atoms with van der Waals surface area (Å²) in [6.45, 7) is 3.45. The van der Waals surface area contributed by atoms with Gasteiger partial charge in [-0.3, -0.25) is 4.99 Å².